The number of fused-ring (bicyclic) bond motifs is 1. The maximum Gasteiger partial charge on any atom is 0.123 e. The van der Waals surface area contributed by atoms with E-state index in [1.165, 1.54) is 25.3 Å². The van der Waals surface area contributed by atoms with E-state index in [4.69, 9.17) is 5.73 Å². The van der Waals surface area contributed by atoms with Gasteiger partial charge in [0.2, 0.25) is 0 Å². The molecule has 1 aromatic carbocycles. The highest BCUT2D eigenvalue weighted by molar-refractivity contribution is 5.20. The van der Waals surface area contributed by atoms with Crippen LogP contribution in [0.25, 0.3) is 0 Å². The molecule has 2 fully saturated rings. The molecule has 0 heterocycles. The van der Waals surface area contributed by atoms with Crippen molar-refractivity contribution in [3.8, 4) is 0 Å². The SMILES string of the molecule is NCC1(Cc2cccc(F)c2)CC2CC2C1. The average molecular weight is 219 g/mol. The first-order valence-corrected chi connectivity index (χ1v) is 6.15. The van der Waals surface area contributed by atoms with Crippen molar-refractivity contribution in [2.75, 3.05) is 6.54 Å². The Morgan fingerprint density at radius 2 is 2.06 bits per heavy atom. The van der Waals surface area contributed by atoms with E-state index in [-0.39, 0.29) is 11.2 Å². The van der Waals surface area contributed by atoms with Gasteiger partial charge in [0.1, 0.15) is 5.82 Å². The Labute approximate surface area is 95.8 Å². The first-order valence-electron chi connectivity index (χ1n) is 6.15. The van der Waals surface area contributed by atoms with Crippen molar-refractivity contribution < 1.29 is 4.39 Å². The summed E-state index contributed by atoms with van der Waals surface area (Å²) in [4.78, 5) is 0. The number of hydrogen-bond acceptors (Lipinski definition) is 1. The van der Waals surface area contributed by atoms with Crippen LogP contribution < -0.4 is 5.73 Å². The molecule has 1 aromatic rings. The monoisotopic (exact) mass is 219 g/mol. The van der Waals surface area contributed by atoms with Gasteiger partial charge < -0.3 is 5.73 Å². The van der Waals surface area contributed by atoms with Crippen molar-refractivity contribution >= 4 is 0 Å². The minimum Gasteiger partial charge on any atom is -0.330 e. The molecule has 0 saturated heterocycles. The Balaban J connectivity index is 1.77. The van der Waals surface area contributed by atoms with Gasteiger partial charge in [-0.2, -0.15) is 0 Å². The molecule has 2 atom stereocenters. The molecule has 0 amide bonds. The quantitative estimate of drug-likeness (QED) is 0.831. The molecular formula is C14H18FN. The summed E-state index contributed by atoms with van der Waals surface area (Å²) in [5, 5.41) is 0. The third-order valence-corrected chi connectivity index (χ3v) is 4.36. The zero-order chi connectivity index (χ0) is 11.2. The minimum absolute atomic E-state index is 0.132. The van der Waals surface area contributed by atoms with Gasteiger partial charge in [0.15, 0.2) is 0 Å². The zero-order valence-electron chi connectivity index (χ0n) is 9.45. The standard InChI is InChI=1S/C14H18FN/c15-13-3-1-2-10(4-13)6-14(9-16)7-11-5-12(11)8-14/h1-4,11-12H,5-9,16H2. The molecular weight excluding hydrogens is 201 g/mol. The van der Waals surface area contributed by atoms with Crippen LogP contribution in [0.1, 0.15) is 24.8 Å². The minimum atomic E-state index is -0.132. The Morgan fingerprint density at radius 3 is 2.69 bits per heavy atom. The summed E-state index contributed by atoms with van der Waals surface area (Å²) in [5.41, 5.74) is 7.31. The van der Waals surface area contributed by atoms with Crippen LogP contribution in [0.3, 0.4) is 0 Å². The number of benzene rings is 1. The normalized spacial score (nSPS) is 36.1. The van der Waals surface area contributed by atoms with Gasteiger partial charge in [0.05, 0.1) is 0 Å². The predicted molar refractivity (Wildman–Crippen MR) is 62.4 cm³/mol. The highest BCUT2D eigenvalue weighted by atomic mass is 19.1. The van der Waals surface area contributed by atoms with Gasteiger partial charge in [-0.1, -0.05) is 12.1 Å². The van der Waals surface area contributed by atoms with E-state index < -0.39 is 0 Å². The van der Waals surface area contributed by atoms with E-state index in [0.29, 0.717) is 0 Å². The Hall–Kier alpha value is -0.890. The van der Waals surface area contributed by atoms with Crippen molar-refractivity contribution in [2.24, 2.45) is 23.0 Å². The van der Waals surface area contributed by atoms with Crippen LogP contribution >= 0.6 is 0 Å². The molecule has 3 rings (SSSR count). The third-order valence-electron chi connectivity index (χ3n) is 4.36. The fourth-order valence-corrected chi connectivity index (χ4v) is 3.47. The summed E-state index contributed by atoms with van der Waals surface area (Å²) in [6.45, 7) is 0.747. The maximum atomic E-state index is 13.1. The predicted octanol–water partition coefficient (Wildman–Crippen LogP) is 2.74. The fourth-order valence-electron chi connectivity index (χ4n) is 3.47. The van der Waals surface area contributed by atoms with Gasteiger partial charge >= 0.3 is 0 Å². The van der Waals surface area contributed by atoms with E-state index in [9.17, 15) is 4.39 Å². The molecule has 1 nitrogen and oxygen atoms in total. The van der Waals surface area contributed by atoms with Crippen molar-refractivity contribution in [3.05, 3.63) is 35.6 Å². The molecule has 2 saturated carbocycles. The first kappa shape index (κ1) is 10.3. The summed E-state index contributed by atoms with van der Waals surface area (Å²) < 4.78 is 13.1. The lowest BCUT2D eigenvalue weighted by atomic mass is 9.77. The van der Waals surface area contributed by atoms with Crippen LogP contribution in [0.2, 0.25) is 0 Å². The maximum absolute atomic E-state index is 13.1. The van der Waals surface area contributed by atoms with E-state index >= 15 is 0 Å². The lowest BCUT2D eigenvalue weighted by Gasteiger charge is -2.29. The molecule has 2 N–H and O–H groups in total. The van der Waals surface area contributed by atoms with Gasteiger partial charge in [0, 0.05) is 0 Å². The van der Waals surface area contributed by atoms with E-state index in [1.54, 1.807) is 12.1 Å². The van der Waals surface area contributed by atoms with Crippen molar-refractivity contribution in [3.63, 3.8) is 0 Å². The molecule has 2 heteroatoms. The molecule has 2 unspecified atom stereocenters. The van der Waals surface area contributed by atoms with Crippen LogP contribution in [0.5, 0.6) is 0 Å². The van der Waals surface area contributed by atoms with Gasteiger partial charge in [-0.25, -0.2) is 4.39 Å². The van der Waals surface area contributed by atoms with Crippen LogP contribution in [-0.2, 0) is 6.42 Å². The summed E-state index contributed by atoms with van der Waals surface area (Å²) in [5.74, 6) is 1.72. The fraction of sp³-hybridized carbons (Fsp3) is 0.571. The van der Waals surface area contributed by atoms with Crippen LogP contribution in [-0.4, -0.2) is 6.54 Å². The first-order chi connectivity index (χ1) is 7.71. The Kier molecular flexibility index (Phi) is 2.28. The molecule has 2 aliphatic rings. The molecule has 86 valence electrons. The van der Waals surface area contributed by atoms with Crippen LogP contribution in [0.15, 0.2) is 24.3 Å². The van der Waals surface area contributed by atoms with Gasteiger partial charge in [0.25, 0.3) is 0 Å². The van der Waals surface area contributed by atoms with Crippen molar-refractivity contribution in [2.45, 2.75) is 25.7 Å². The number of hydrogen-bond donors (Lipinski definition) is 1. The molecule has 0 bridgehead atoms. The Bertz CT molecular complexity index is 391. The van der Waals surface area contributed by atoms with Crippen molar-refractivity contribution in [1.82, 2.24) is 0 Å². The lowest BCUT2D eigenvalue weighted by molar-refractivity contribution is 0.272. The van der Waals surface area contributed by atoms with Crippen molar-refractivity contribution in [1.29, 1.82) is 0 Å². The molecule has 16 heavy (non-hydrogen) atoms. The second-order valence-electron chi connectivity index (χ2n) is 5.67. The Morgan fingerprint density at radius 1 is 1.31 bits per heavy atom. The summed E-state index contributed by atoms with van der Waals surface area (Å²) in [6.07, 6.45) is 4.87. The molecule has 2 aliphatic carbocycles. The average Bonchev–Trinajstić information content (AvgIpc) is 2.87. The molecule has 0 aliphatic heterocycles. The van der Waals surface area contributed by atoms with Gasteiger partial charge in [-0.15, -0.1) is 0 Å². The summed E-state index contributed by atoms with van der Waals surface area (Å²) in [6, 6.07) is 6.97. The number of halogens is 1. The van der Waals surface area contributed by atoms with Gasteiger partial charge in [-0.3, -0.25) is 0 Å². The van der Waals surface area contributed by atoms with Gasteiger partial charge in [-0.05, 0) is 67.2 Å². The highest BCUT2D eigenvalue weighted by Gasteiger charge is 2.52. The van der Waals surface area contributed by atoms with Crippen LogP contribution in [0.4, 0.5) is 4.39 Å². The lowest BCUT2D eigenvalue weighted by Crippen LogP contribution is -2.31. The third kappa shape index (κ3) is 1.75. The smallest absolute Gasteiger partial charge is 0.123 e. The molecule has 0 radical (unpaired) electrons. The summed E-state index contributed by atoms with van der Waals surface area (Å²) in [7, 11) is 0. The number of rotatable bonds is 3. The van der Waals surface area contributed by atoms with E-state index in [2.05, 4.69) is 0 Å². The van der Waals surface area contributed by atoms with E-state index in [1.807, 2.05) is 6.07 Å². The second kappa shape index (κ2) is 3.56. The van der Waals surface area contributed by atoms with Crippen LogP contribution in [0, 0.1) is 23.1 Å². The number of nitrogens with two attached hydrogens (primary N) is 1. The molecule has 0 spiro atoms. The second-order valence-corrected chi connectivity index (χ2v) is 5.67. The summed E-state index contributed by atoms with van der Waals surface area (Å²) >= 11 is 0. The zero-order valence-corrected chi connectivity index (χ0v) is 9.45. The largest absolute Gasteiger partial charge is 0.330 e. The highest BCUT2D eigenvalue weighted by Crippen LogP contribution is 2.60. The molecule has 0 aromatic heterocycles. The van der Waals surface area contributed by atoms with E-state index in [0.717, 1.165) is 30.4 Å². The topological polar surface area (TPSA) is 26.0 Å².